The molecular weight excluding hydrogens is 484 g/mol. The van der Waals surface area contributed by atoms with Crippen LogP contribution < -0.4 is 21.3 Å². The molecule has 38 heavy (non-hydrogen) atoms. The number of rotatable bonds is 17. The van der Waals surface area contributed by atoms with Crippen LogP contribution in [-0.2, 0) is 24.0 Å². The third kappa shape index (κ3) is 8.95. The molecule has 0 aromatic carbocycles. The van der Waals surface area contributed by atoms with Crippen LogP contribution in [0, 0.1) is 0 Å². The Bertz CT molecular complexity index is 860. The van der Waals surface area contributed by atoms with Crippen molar-refractivity contribution in [3.63, 3.8) is 0 Å². The lowest BCUT2D eigenvalue weighted by Gasteiger charge is -2.54. The van der Waals surface area contributed by atoms with Crippen LogP contribution in [0.1, 0.15) is 130 Å². The summed E-state index contributed by atoms with van der Waals surface area (Å²) in [4.78, 5) is 64.4. The molecule has 1 fully saturated rings. The summed E-state index contributed by atoms with van der Waals surface area (Å²) in [6, 6.07) is 0. The van der Waals surface area contributed by atoms with Gasteiger partial charge < -0.3 is 16.0 Å². The number of amides is 5. The van der Waals surface area contributed by atoms with E-state index in [-0.39, 0.29) is 29.7 Å². The fourth-order valence-corrected chi connectivity index (χ4v) is 5.56. The van der Waals surface area contributed by atoms with Gasteiger partial charge in [-0.25, -0.2) is 0 Å². The summed E-state index contributed by atoms with van der Waals surface area (Å²) < 4.78 is 0. The molecular formula is C29H48N4O5. The zero-order valence-corrected chi connectivity index (χ0v) is 23.6. The predicted octanol–water partition coefficient (Wildman–Crippen LogP) is 4.06. The van der Waals surface area contributed by atoms with Gasteiger partial charge >= 0.3 is 0 Å². The van der Waals surface area contributed by atoms with Gasteiger partial charge in [0, 0.05) is 37.3 Å². The summed E-state index contributed by atoms with van der Waals surface area (Å²) in [5, 5.41) is 11.8. The van der Waals surface area contributed by atoms with Gasteiger partial charge in [-0.05, 0) is 38.5 Å². The van der Waals surface area contributed by atoms with Gasteiger partial charge in [-0.1, -0.05) is 65.7 Å². The molecule has 5 amide bonds. The van der Waals surface area contributed by atoms with Crippen molar-refractivity contribution in [3.05, 3.63) is 11.6 Å². The minimum atomic E-state index is -1.27. The van der Waals surface area contributed by atoms with E-state index in [1.807, 2.05) is 0 Å². The van der Waals surface area contributed by atoms with E-state index in [0.29, 0.717) is 32.1 Å². The molecule has 1 aliphatic heterocycles. The van der Waals surface area contributed by atoms with Crippen molar-refractivity contribution in [2.24, 2.45) is 0 Å². The number of hydrogen-bond donors (Lipinski definition) is 4. The molecule has 0 aromatic heterocycles. The second-order valence-electron chi connectivity index (χ2n) is 10.9. The monoisotopic (exact) mass is 532 g/mol. The van der Waals surface area contributed by atoms with Crippen molar-refractivity contribution in [3.8, 4) is 0 Å². The molecule has 9 heteroatoms. The number of unbranched alkanes of at least 4 members (excludes halogenated alkanes) is 6. The van der Waals surface area contributed by atoms with Gasteiger partial charge in [0.2, 0.25) is 17.7 Å². The maximum absolute atomic E-state index is 13.3. The second-order valence-corrected chi connectivity index (χ2v) is 10.9. The predicted molar refractivity (Wildman–Crippen MR) is 147 cm³/mol. The summed E-state index contributed by atoms with van der Waals surface area (Å²) >= 11 is 0. The topological polar surface area (TPSA) is 133 Å². The average Bonchev–Trinajstić information content (AvgIpc) is 3.17. The molecule has 1 heterocycles. The van der Waals surface area contributed by atoms with Crippen LogP contribution in [0.3, 0.4) is 0 Å². The lowest BCUT2D eigenvalue weighted by Crippen LogP contribution is -2.79. The van der Waals surface area contributed by atoms with Crippen LogP contribution in [0.25, 0.3) is 0 Å². The van der Waals surface area contributed by atoms with E-state index in [0.717, 1.165) is 70.6 Å². The van der Waals surface area contributed by atoms with Gasteiger partial charge in [0.1, 0.15) is 5.66 Å². The van der Waals surface area contributed by atoms with E-state index >= 15 is 0 Å². The molecule has 1 aliphatic carbocycles. The molecule has 214 valence electrons. The van der Waals surface area contributed by atoms with Crippen LogP contribution in [0.5, 0.6) is 0 Å². The Morgan fingerprint density at radius 3 is 1.66 bits per heavy atom. The molecule has 1 unspecified atom stereocenters. The minimum Gasteiger partial charge on any atom is -0.346 e. The lowest BCUT2D eigenvalue weighted by atomic mass is 9.68. The Balaban J connectivity index is 2.49. The van der Waals surface area contributed by atoms with Crippen molar-refractivity contribution in [2.75, 3.05) is 0 Å². The summed E-state index contributed by atoms with van der Waals surface area (Å²) in [7, 11) is 0. The van der Waals surface area contributed by atoms with Crippen molar-refractivity contribution >= 4 is 29.5 Å². The first-order valence-electron chi connectivity index (χ1n) is 14.7. The average molecular weight is 533 g/mol. The molecule has 0 radical (unpaired) electrons. The Hall–Kier alpha value is -2.71. The van der Waals surface area contributed by atoms with Gasteiger partial charge in [-0.15, -0.1) is 0 Å². The SMILES string of the molecule is CCCCCC(=O)NC1(CC2=CC(=O)NC2=O)CCCCC1(NC(=O)CCCCC)NC(=O)CCCCC. The van der Waals surface area contributed by atoms with E-state index in [4.69, 9.17) is 0 Å². The maximum atomic E-state index is 13.3. The third-order valence-electron chi connectivity index (χ3n) is 7.65. The Morgan fingerprint density at radius 1 is 0.737 bits per heavy atom. The molecule has 0 spiro atoms. The minimum absolute atomic E-state index is 0.0363. The highest BCUT2D eigenvalue weighted by Crippen LogP contribution is 2.41. The number of carbonyl (C=O) groups excluding carboxylic acids is 5. The smallest absolute Gasteiger partial charge is 0.254 e. The van der Waals surface area contributed by atoms with E-state index < -0.39 is 23.0 Å². The van der Waals surface area contributed by atoms with Crippen LogP contribution in [0.4, 0.5) is 0 Å². The fraction of sp³-hybridized carbons (Fsp3) is 0.759. The number of imide groups is 1. The third-order valence-corrected chi connectivity index (χ3v) is 7.65. The number of hydrogen-bond acceptors (Lipinski definition) is 5. The Morgan fingerprint density at radius 2 is 1.21 bits per heavy atom. The highest BCUT2D eigenvalue weighted by molar-refractivity contribution is 6.16. The first-order valence-corrected chi connectivity index (χ1v) is 14.7. The zero-order chi connectivity index (χ0) is 28.0. The van der Waals surface area contributed by atoms with Crippen LogP contribution >= 0.6 is 0 Å². The summed E-state index contributed by atoms with van der Waals surface area (Å²) in [5.74, 6) is -1.57. The van der Waals surface area contributed by atoms with Crippen LogP contribution in [0.2, 0.25) is 0 Å². The maximum Gasteiger partial charge on any atom is 0.254 e. The summed E-state index contributed by atoms with van der Waals surface area (Å²) in [6.07, 6.45) is 12.4. The van der Waals surface area contributed by atoms with E-state index in [2.05, 4.69) is 42.0 Å². The second kappa shape index (κ2) is 15.6. The fourth-order valence-electron chi connectivity index (χ4n) is 5.56. The largest absolute Gasteiger partial charge is 0.346 e. The Labute approximate surface area is 227 Å². The van der Waals surface area contributed by atoms with Gasteiger partial charge in [-0.2, -0.15) is 0 Å². The van der Waals surface area contributed by atoms with E-state index in [1.54, 1.807) is 0 Å². The molecule has 4 N–H and O–H groups in total. The van der Waals surface area contributed by atoms with Crippen molar-refractivity contribution in [1.29, 1.82) is 0 Å². The number of carbonyl (C=O) groups is 5. The molecule has 0 bridgehead atoms. The van der Waals surface area contributed by atoms with E-state index in [9.17, 15) is 24.0 Å². The first kappa shape index (κ1) is 31.5. The first-order chi connectivity index (χ1) is 18.2. The van der Waals surface area contributed by atoms with Crippen LogP contribution in [0.15, 0.2) is 11.6 Å². The highest BCUT2D eigenvalue weighted by Gasteiger charge is 2.56. The van der Waals surface area contributed by atoms with Gasteiger partial charge in [0.15, 0.2) is 0 Å². The van der Waals surface area contributed by atoms with Crippen LogP contribution in [-0.4, -0.2) is 40.7 Å². The molecule has 2 aliphatic rings. The zero-order valence-electron chi connectivity index (χ0n) is 23.6. The lowest BCUT2D eigenvalue weighted by molar-refractivity contribution is -0.136. The molecule has 1 saturated carbocycles. The van der Waals surface area contributed by atoms with Crippen molar-refractivity contribution < 1.29 is 24.0 Å². The molecule has 1 atom stereocenters. The molecule has 9 nitrogen and oxygen atoms in total. The van der Waals surface area contributed by atoms with E-state index in [1.165, 1.54) is 6.08 Å². The molecule has 2 rings (SSSR count). The normalized spacial score (nSPS) is 20.4. The van der Waals surface area contributed by atoms with Gasteiger partial charge in [0.25, 0.3) is 11.8 Å². The molecule has 0 saturated heterocycles. The molecule has 0 aromatic rings. The van der Waals surface area contributed by atoms with Crippen molar-refractivity contribution in [2.45, 2.75) is 141 Å². The van der Waals surface area contributed by atoms with Crippen molar-refractivity contribution in [1.82, 2.24) is 21.3 Å². The standard InChI is InChI=1S/C29H48N4O5/c1-4-7-10-15-23(34)31-28(21-22-20-26(37)30-27(22)38)18-13-14-19-29(28,32-24(35)16-11-8-5-2)33-25(36)17-12-9-6-3/h20H,4-19,21H2,1-3H3,(H,31,34)(H,32,35)(H,33,36)(H,30,37,38). The highest BCUT2D eigenvalue weighted by atomic mass is 16.2. The van der Waals surface area contributed by atoms with Gasteiger partial charge in [0.05, 0.1) is 5.54 Å². The Kier molecular flexibility index (Phi) is 13.0. The summed E-state index contributed by atoms with van der Waals surface area (Å²) in [6.45, 7) is 6.20. The number of nitrogens with one attached hydrogen (secondary N) is 4. The van der Waals surface area contributed by atoms with Gasteiger partial charge in [-0.3, -0.25) is 29.3 Å². The quantitative estimate of drug-likeness (QED) is 0.127. The summed E-state index contributed by atoms with van der Waals surface area (Å²) in [5.41, 5.74) is -2.18.